The van der Waals surface area contributed by atoms with E-state index < -0.39 is 0 Å². The topological polar surface area (TPSA) is 46.1 Å². The number of rotatable bonds is 0. The minimum absolute atomic E-state index is 0. The Morgan fingerprint density at radius 2 is 1.55 bits per heavy atom. The van der Waals surface area contributed by atoms with Crippen LogP contribution in [0.3, 0.4) is 0 Å². The van der Waals surface area contributed by atoms with Crippen molar-refractivity contribution in [1.29, 1.82) is 0 Å². The molecule has 0 spiro atoms. The van der Waals surface area contributed by atoms with Gasteiger partial charge in [-0.3, -0.25) is 0 Å². The van der Waals surface area contributed by atoms with Crippen LogP contribution in [0.5, 0.6) is 5.75 Å². The molecule has 2 nitrogen and oxygen atoms in total. The van der Waals surface area contributed by atoms with Crippen LogP contribution in [0.25, 0.3) is 0 Å². The van der Waals surface area contributed by atoms with E-state index in [1.165, 1.54) is 12.1 Å². The van der Waals surface area contributed by atoms with Crippen LogP contribution in [0.2, 0.25) is 0 Å². The maximum absolute atomic E-state index is 10.3. The van der Waals surface area contributed by atoms with E-state index in [0.29, 0.717) is 0 Å². The molecule has 0 bridgehead atoms. The Balaban J connectivity index is 0. The van der Waals surface area contributed by atoms with E-state index in [2.05, 4.69) is 0 Å². The molecule has 1 rings (SSSR count). The molecule has 56 valence electrons. The molecule has 0 aliphatic rings. The third kappa shape index (κ3) is 9.75. The molecule has 0 unspecified atom stereocenters. The Kier molecular flexibility index (Phi) is 11.8. The summed E-state index contributed by atoms with van der Waals surface area (Å²) >= 11 is 0. The predicted molar refractivity (Wildman–Crippen MR) is 42.2 cm³/mol. The normalized spacial score (nSPS) is 7.09. The summed E-state index contributed by atoms with van der Waals surface area (Å²) in [6.07, 6.45) is 0. The minimum atomic E-state index is 0. The van der Waals surface area contributed by atoms with Crippen molar-refractivity contribution in [1.82, 2.24) is 0 Å². The molecule has 0 aliphatic heterocycles. The summed E-state index contributed by atoms with van der Waals surface area (Å²) in [6, 6.07) is 8.33. The Morgan fingerprint density at radius 3 is 1.73 bits per heavy atom. The quantitative estimate of drug-likeness (QED) is 0.494. The van der Waals surface area contributed by atoms with Gasteiger partial charge in [0, 0.05) is 0 Å². The van der Waals surface area contributed by atoms with Crippen molar-refractivity contribution in [3.8, 4) is 5.75 Å². The SMILES string of the molecule is CC[O-].[Mg+2].[O-]c1ccccc1. The van der Waals surface area contributed by atoms with Gasteiger partial charge in [-0.25, -0.2) is 0 Å². The van der Waals surface area contributed by atoms with Crippen molar-refractivity contribution in [2.75, 3.05) is 6.61 Å². The van der Waals surface area contributed by atoms with Gasteiger partial charge in [-0.15, -0.1) is 12.4 Å². The maximum Gasteiger partial charge on any atom is 2.00 e. The molecular formula is C8H10MgO2. The molecule has 0 aromatic heterocycles. The van der Waals surface area contributed by atoms with Crippen molar-refractivity contribution in [3.05, 3.63) is 30.3 Å². The zero-order valence-corrected chi connectivity index (χ0v) is 8.03. The molecule has 0 radical (unpaired) electrons. The first-order valence-electron chi connectivity index (χ1n) is 3.11. The van der Waals surface area contributed by atoms with Gasteiger partial charge in [0.05, 0.1) is 0 Å². The second-order valence-corrected chi connectivity index (χ2v) is 1.60. The fourth-order valence-corrected chi connectivity index (χ4v) is 0.420. The summed E-state index contributed by atoms with van der Waals surface area (Å²) in [5, 5.41) is 19.2. The number of hydrogen-bond donors (Lipinski definition) is 0. The molecule has 0 saturated heterocycles. The summed E-state index contributed by atoms with van der Waals surface area (Å²) in [5.41, 5.74) is 0. The molecule has 1 aromatic rings. The molecule has 0 saturated carbocycles. The summed E-state index contributed by atoms with van der Waals surface area (Å²) in [7, 11) is 0. The van der Waals surface area contributed by atoms with Crippen LogP contribution in [0.1, 0.15) is 6.92 Å². The van der Waals surface area contributed by atoms with Gasteiger partial charge in [0.2, 0.25) is 0 Å². The van der Waals surface area contributed by atoms with Gasteiger partial charge >= 0.3 is 23.1 Å². The Hall–Kier alpha value is -0.254. The van der Waals surface area contributed by atoms with Crippen LogP contribution < -0.4 is 10.2 Å². The average molecular weight is 162 g/mol. The molecular weight excluding hydrogens is 152 g/mol. The summed E-state index contributed by atoms with van der Waals surface area (Å²) < 4.78 is 0. The number of hydrogen-bond acceptors (Lipinski definition) is 2. The van der Waals surface area contributed by atoms with Gasteiger partial charge in [0.1, 0.15) is 0 Å². The summed E-state index contributed by atoms with van der Waals surface area (Å²) in [5.74, 6) is 0.0718. The molecule has 0 heterocycles. The van der Waals surface area contributed by atoms with Crippen LogP contribution in [0.15, 0.2) is 30.3 Å². The molecule has 1 aromatic carbocycles. The third-order valence-corrected chi connectivity index (χ3v) is 0.743. The van der Waals surface area contributed by atoms with Crippen LogP contribution in [0, 0.1) is 0 Å². The van der Waals surface area contributed by atoms with Crippen LogP contribution in [-0.4, -0.2) is 29.7 Å². The third-order valence-electron chi connectivity index (χ3n) is 0.743. The fourth-order valence-electron chi connectivity index (χ4n) is 0.420. The van der Waals surface area contributed by atoms with Gasteiger partial charge in [0.25, 0.3) is 0 Å². The zero-order chi connectivity index (χ0) is 7.82. The van der Waals surface area contributed by atoms with Crippen molar-refractivity contribution in [3.63, 3.8) is 0 Å². The van der Waals surface area contributed by atoms with E-state index in [0.717, 1.165) is 0 Å². The standard InChI is InChI=1S/C6H6O.C2H5O.Mg/c7-6-4-2-1-3-5-6;1-2-3;/h1-5,7H;2H2,1H3;/q;-1;+2/p-1. The van der Waals surface area contributed by atoms with Crippen molar-refractivity contribution < 1.29 is 10.2 Å². The Labute approximate surface area is 83.0 Å². The molecule has 11 heavy (non-hydrogen) atoms. The van der Waals surface area contributed by atoms with Gasteiger partial charge in [-0.05, 0) is 0 Å². The first-order chi connectivity index (χ1) is 4.81. The molecule has 0 amide bonds. The van der Waals surface area contributed by atoms with E-state index in [9.17, 15) is 5.11 Å². The summed E-state index contributed by atoms with van der Waals surface area (Å²) in [6.45, 7) is 1.57. The van der Waals surface area contributed by atoms with Gasteiger partial charge < -0.3 is 10.2 Å². The van der Waals surface area contributed by atoms with Crippen molar-refractivity contribution in [2.45, 2.75) is 6.92 Å². The second kappa shape index (κ2) is 9.75. The Bertz CT molecular complexity index is 153. The fraction of sp³-hybridized carbons (Fsp3) is 0.250. The zero-order valence-electron chi connectivity index (χ0n) is 6.62. The van der Waals surface area contributed by atoms with Crippen LogP contribution in [0.4, 0.5) is 0 Å². The van der Waals surface area contributed by atoms with E-state index in [-0.39, 0.29) is 35.4 Å². The largest absolute Gasteiger partial charge is 2.00 e. The monoisotopic (exact) mass is 162 g/mol. The molecule has 0 fully saturated rings. The van der Waals surface area contributed by atoms with E-state index in [1.54, 1.807) is 19.1 Å². The van der Waals surface area contributed by atoms with Crippen LogP contribution >= 0.6 is 0 Å². The second-order valence-electron chi connectivity index (χ2n) is 1.60. The maximum atomic E-state index is 10.3. The number of benzene rings is 1. The van der Waals surface area contributed by atoms with E-state index in [4.69, 9.17) is 5.11 Å². The molecule has 0 aliphatic carbocycles. The summed E-state index contributed by atoms with van der Waals surface area (Å²) in [4.78, 5) is 0. The van der Waals surface area contributed by atoms with Crippen molar-refractivity contribution >= 4 is 23.1 Å². The predicted octanol–water partition coefficient (Wildman–Crippen LogP) is -0.254. The molecule has 0 N–H and O–H groups in total. The first-order valence-corrected chi connectivity index (χ1v) is 3.11. The van der Waals surface area contributed by atoms with Gasteiger partial charge in [0.15, 0.2) is 0 Å². The van der Waals surface area contributed by atoms with Crippen molar-refractivity contribution in [2.24, 2.45) is 0 Å². The smallest absolute Gasteiger partial charge is 0.872 e. The van der Waals surface area contributed by atoms with E-state index >= 15 is 0 Å². The van der Waals surface area contributed by atoms with Gasteiger partial charge in [-0.1, -0.05) is 37.3 Å². The molecule has 3 heteroatoms. The first kappa shape index (κ1) is 13.3. The average Bonchev–Trinajstić information content (AvgIpc) is 1.91. The van der Waals surface area contributed by atoms with Crippen LogP contribution in [-0.2, 0) is 0 Å². The van der Waals surface area contributed by atoms with E-state index in [1.807, 2.05) is 6.07 Å². The molecule has 0 atom stereocenters. The Morgan fingerprint density at radius 1 is 1.18 bits per heavy atom. The van der Waals surface area contributed by atoms with Gasteiger partial charge in [-0.2, -0.15) is 0 Å². The minimum Gasteiger partial charge on any atom is -0.872 e. The number of para-hydroxylation sites is 1.